The van der Waals surface area contributed by atoms with E-state index in [1.807, 2.05) is 0 Å². The van der Waals surface area contributed by atoms with E-state index in [2.05, 4.69) is 10.4 Å². The molecule has 0 aliphatic rings. The molecular weight excluding hydrogens is 474 g/mol. The number of rotatable bonds is 7. The molecule has 0 unspecified atom stereocenters. The van der Waals surface area contributed by atoms with Gasteiger partial charge in [0.05, 0.1) is 23.3 Å². The molecule has 1 N–H and O–H groups in total. The minimum Gasteiger partial charge on any atom is -0.307 e. The van der Waals surface area contributed by atoms with Gasteiger partial charge in [-0.1, -0.05) is 24.3 Å². The van der Waals surface area contributed by atoms with Gasteiger partial charge in [0, 0.05) is 23.7 Å². The number of sulfonamides is 1. The third-order valence-electron chi connectivity index (χ3n) is 5.46. The Morgan fingerprint density at radius 1 is 1.03 bits per heavy atom. The maximum atomic E-state index is 14.1. The highest BCUT2D eigenvalue weighted by Crippen LogP contribution is 2.23. The van der Waals surface area contributed by atoms with Crippen molar-refractivity contribution in [3.05, 3.63) is 107 Å². The molecule has 0 saturated heterocycles. The number of hydrogen-bond donors (Lipinski definition) is 1. The van der Waals surface area contributed by atoms with Gasteiger partial charge in [0.2, 0.25) is 0 Å². The number of anilines is 2. The summed E-state index contributed by atoms with van der Waals surface area (Å²) in [6, 6.07) is 17.3. The van der Waals surface area contributed by atoms with Gasteiger partial charge < -0.3 is 5.32 Å². The van der Waals surface area contributed by atoms with Crippen molar-refractivity contribution in [2.75, 3.05) is 16.7 Å². The smallest absolute Gasteiger partial charge is 0.264 e. The average Bonchev–Trinajstić information content (AvgIpc) is 3.20. The van der Waals surface area contributed by atoms with Gasteiger partial charge in [-0.3, -0.25) is 9.10 Å². The second kappa shape index (κ2) is 9.67. The van der Waals surface area contributed by atoms with E-state index in [1.54, 1.807) is 37.3 Å². The first-order valence-electron chi connectivity index (χ1n) is 10.6. The Kier molecular flexibility index (Phi) is 6.65. The van der Waals surface area contributed by atoms with Crippen molar-refractivity contribution < 1.29 is 22.0 Å². The normalized spacial score (nSPS) is 11.3. The molecule has 0 atom stereocenters. The summed E-state index contributed by atoms with van der Waals surface area (Å²) < 4.78 is 56.4. The minimum absolute atomic E-state index is 0.0523. The second-order valence-electron chi connectivity index (χ2n) is 7.86. The summed E-state index contributed by atoms with van der Waals surface area (Å²) in [5.41, 5.74) is 1.26. The number of halogens is 2. The monoisotopic (exact) mass is 496 g/mol. The molecule has 0 radical (unpaired) electrons. The number of benzene rings is 3. The molecule has 4 rings (SSSR count). The fourth-order valence-corrected chi connectivity index (χ4v) is 4.74. The van der Waals surface area contributed by atoms with Crippen LogP contribution in [-0.4, -0.2) is 31.2 Å². The Labute approximate surface area is 201 Å². The van der Waals surface area contributed by atoms with E-state index in [4.69, 9.17) is 0 Å². The van der Waals surface area contributed by atoms with E-state index >= 15 is 0 Å². The van der Waals surface area contributed by atoms with Crippen molar-refractivity contribution in [2.45, 2.75) is 18.4 Å². The van der Waals surface area contributed by atoms with Crippen LogP contribution in [0.15, 0.2) is 83.9 Å². The van der Waals surface area contributed by atoms with Crippen molar-refractivity contribution in [1.29, 1.82) is 0 Å². The highest BCUT2D eigenvalue weighted by atomic mass is 32.2. The van der Waals surface area contributed by atoms with Crippen LogP contribution >= 0.6 is 0 Å². The molecule has 1 amide bonds. The third kappa shape index (κ3) is 5.07. The lowest BCUT2D eigenvalue weighted by atomic mass is 10.2. The molecule has 10 heteroatoms. The molecule has 0 saturated carbocycles. The van der Waals surface area contributed by atoms with E-state index in [0.29, 0.717) is 11.3 Å². The van der Waals surface area contributed by atoms with Gasteiger partial charge in [-0.05, 0) is 55.5 Å². The molecule has 0 fully saturated rings. The van der Waals surface area contributed by atoms with Crippen LogP contribution in [0, 0.1) is 18.6 Å². The standard InChI is InChI=1S/C25H22F2N4O3S/c1-17-15-28-31(16-19-13-20(26)11-12-23(19)27)24(17)29-25(32)18-7-6-10-22(14-18)35(33,34)30(2)21-8-4-3-5-9-21/h3-15H,16H2,1-2H3,(H,29,32). The molecule has 0 bridgehead atoms. The van der Waals surface area contributed by atoms with Crippen LogP contribution in [0.25, 0.3) is 0 Å². The number of aryl methyl sites for hydroxylation is 1. The van der Waals surface area contributed by atoms with Crippen molar-refractivity contribution in [1.82, 2.24) is 9.78 Å². The maximum absolute atomic E-state index is 14.1. The van der Waals surface area contributed by atoms with Crippen LogP contribution in [0.1, 0.15) is 21.5 Å². The number of hydrogen-bond acceptors (Lipinski definition) is 4. The van der Waals surface area contributed by atoms with E-state index < -0.39 is 27.6 Å². The Balaban J connectivity index is 1.59. The van der Waals surface area contributed by atoms with Crippen LogP contribution in [0.4, 0.5) is 20.3 Å². The van der Waals surface area contributed by atoms with Crippen molar-refractivity contribution in [3.63, 3.8) is 0 Å². The molecule has 0 aliphatic heterocycles. The van der Waals surface area contributed by atoms with Crippen LogP contribution in [0.2, 0.25) is 0 Å². The fraction of sp³-hybridized carbons (Fsp3) is 0.120. The highest BCUT2D eigenvalue weighted by molar-refractivity contribution is 7.92. The lowest BCUT2D eigenvalue weighted by molar-refractivity contribution is 0.102. The summed E-state index contributed by atoms with van der Waals surface area (Å²) >= 11 is 0. The van der Waals surface area contributed by atoms with Gasteiger partial charge in [-0.25, -0.2) is 21.9 Å². The Hall–Kier alpha value is -4.05. The predicted molar refractivity (Wildman–Crippen MR) is 129 cm³/mol. The fourth-order valence-electron chi connectivity index (χ4n) is 3.50. The largest absolute Gasteiger partial charge is 0.307 e. The van der Waals surface area contributed by atoms with Gasteiger partial charge in [-0.15, -0.1) is 0 Å². The zero-order chi connectivity index (χ0) is 25.2. The van der Waals surface area contributed by atoms with Gasteiger partial charge in [0.15, 0.2) is 0 Å². The molecule has 180 valence electrons. The number of aromatic nitrogens is 2. The summed E-state index contributed by atoms with van der Waals surface area (Å²) in [4.78, 5) is 13.0. The number of para-hydroxylation sites is 1. The summed E-state index contributed by atoms with van der Waals surface area (Å²) in [5.74, 6) is -1.48. The summed E-state index contributed by atoms with van der Waals surface area (Å²) in [6.07, 6.45) is 1.49. The molecule has 1 aromatic heterocycles. The lowest BCUT2D eigenvalue weighted by Crippen LogP contribution is -2.27. The quantitative estimate of drug-likeness (QED) is 0.406. The van der Waals surface area contributed by atoms with Gasteiger partial charge >= 0.3 is 0 Å². The van der Waals surface area contributed by atoms with Crippen molar-refractivity contribution in [3.8, 4) is 0 Å². The van der Waals surface area contributed by atoms with Gasteiger partial charge in [-0.2, -0.15) is 5.10 Å². The average molecular weight is 497 g/mol. The number of nitrogens with zero attached hydrogens (tertiary/aromatic N) is 3. The van der Waals surface area contributed by atoms with E-state index in [1.165, 1.54) is 42.2 Å². The first kappa shape index (κ1) is 24.1. The minimum atomic E-state index is -3.92. The third-order valence-corrected chi connectivity index (χ3v) is 7.24. The van der Waals surface area contributed by atoms with Crippen molar-refractivity contribution >= 4 is 27.4 Å². The van der Waals surface area contributed by atoms with Crippen LogP contribution in [-0.2, 0) is 16.6 Å². The van der Waals surface area contributed by atoms with Crippen LogP contribution in [0.3, 0.4) is 0 Å². The topological polar surface area (TPSA) is 84.3 Å². The summed E-state index contributed by atoms with van der Waals surface area (Å²) in [6.45, 7) is 1.60. The molecule has 0 spiro atoms. The second-order valence-corrected chi connectivity index (χ2v) is 9.83. The molecule has 7 nitrogen and oxygen atoms in total. The first-order chi connectivity index (χ1) is 16.7. The van der Waals surface area contributed by atoms with Crippen LogP contribution in [0.5, 0.6) is 0 Å². The molecule has 0 aliphatic carbocycles. The number of nitrogens with one attached hydrogen (secondary N) is 1. The lowest BCUT2D eigenvalue weighted by Gasteiger charge is -2.19. The Bertz CT molecular complexity index is 1490. The summed E-state index contributed by atoms with van der Waals surface area (Å²) in [7, 11) is -2.48. The zero-order valence-corrected chi connectivity index (χ0v) is 19.8. The molecule has 3 aromatic carbocycles. The number of carbonyl (C=O) groups excluding carboxylic acids is 1. The zero-order valence-electron chi connectivity index (χ0n) is 18.9. The molecular formula is C25H22F2N4O3S. The van der Waals surface area contributed by atoms with Gasteiger partial charge in [0.25, 0.3) is 15.9 Å². The van der Waals surface area contributed by atoms with Crippen LogP contribution < -0.4 is 9.62 Å². The predicted octanol–water partition coefficient (Wildman–Crippen LogP) is 4.60. The molecule has 1 heterocycles. The Morgan fingerprint density at radius 3 is 2.51 bits per heavy atom. The Morgan fingerprint density at radius 2 is 1.77 bits per heavy atom. The SMILES string of the molecule is Cc1cnn(Cc2cc(F)ccc2F)c1NC(=O)c1cccc(S(=O)(=O)N(C)c2ccccc2)c1. The maximum Gasteiger partial charge on any atom is 0.264 e. The molecule has 35 heavy (non-hydrogen) atoms. The highest BCUT2D eigenvalue weighted by Gasteiger charge is 2.23. The number of carbonyl (C=O) groups is 1. The van der Waals surface area contributed by atoms with Crippen molar-refractivity contribution in [2.24, 2.45) is 0 Å². The van der Waals surface area contributed by atoms with E-state index in [9.17, 15) is 22.0 Å². The summed E-state index contributed by atoms with van der Waals surface area (Å²) in [5, 5.41) is 6.86. The first-order valence-corrected chi connectivity index (χ1v) is 12.0. The number of amides is 1. The van der Waals surface area contributed by atoms with Gasteiger partial charge in [0.1, 0.15) is 17.5 Å². The molecule has 4 aromatic rings. The van der Waals surface area contributed by atoms with E-state index in [-0.39, 0.29) is 28.4 Å². The van der Waals surface area contributed by atoms with E-state index in [0.717, 1.165) is 22.5 Å².